The second-order valence-corrected chi connectivity index (χ2v) is 7.28. The molecule has 0 bridgehead atoms. The molecule has 0 aromatic heterocycles. The largest absolute Gasteiger partial charge is 0.490 e. The molecule has 0 heterocycles. The predicted octanol–water partition coefficient (Wildman–Crippen LogP) is 4.58. The molecule has 0 aliphatic heterocycles. The van der Waals surface area contributed by atoms with E-state index >= 15 is 0 Å². The van der Waals surface area contributed by atoms with Crippen LogP contribution in [0.3, 0.4) is 0 Å². The highest BCUT2D eigenvalue weighted by atomic mass is 35.5. The Hall–Kier alpha value is -2.25. The standard InChI is InChI=1S/C19H20ClFN2O3S/c1-3-26-18-15(20)5-4-6-16(18)23-19(25)12(2)27-11-17(24)22-14-9-7-13(21)8-10-14/h4-10,12H,3,11H2,1-2H3,(H,22,24)(H,23,25). The number of ether oxygens (including phenoxy) is 1. The summed E-state index contributed by atoms with van der Waals surface area (Å²) >= 11 is 7.29. The number of carbonyl (C=O) groups excluding carboxylic acids is 2. The molecule has 8 heteroatoms. The molecule has 0 spiro atoms. The van der Waals surface area contributed by atoms with Gasteiger partial charge in [-0.1, -0.05) is 17.7 Å². The number of benzene rings is 2. The van der Waals surface area contributed by atoms with Crippen LogP contribution in [-0.2, 0) is 9.59 Å². The summed E-state index contributed by atoms with van der Waals surface area (Å²) in [6.45, 7) is 3.95. The van der Waals surface area contributed by atoms with Gasteiger partial charge < -0.3 is 15.4 Å². The zero-order valence-corrected chi connectivity index (χ0v) is 16.5. The molecule has 5 nitrogen and oxygen atoms in total. The third-order valence-corrected chi connectivity index (χ3v) is 4.92. The Morgan fingerprint density at radius 1 is 1.19 bits per heavy atom. The molecule has 1 unspecified atom stereocenters. The first-order chi connectivity index (χ1) is 12.9. The Bertz CT molecular complexity index is 802. The minimum absolute atomic E-state index is 0.0832. The molecule has 2 N–H and O–H groups in total. The van der Waals surface area contributed by atoms with Gasteiger partial charge in [0, 0.05) is 5.69 Å². The lowest BCUT2D eigenvalue weighted by Gasteiger charge is -2.15. The van der Waals surface area contributed by atoms with Gasteiger partial charge in [0.15, 0.2) is 5.75 Å². The molecule has 2 amide bonds. The lowest BCUT2D eigenvalue weighted by molar-refractivity contribution is -0.115. The molecule has 27 heavy (non-hydrogen) atoms. The van der Waals surface area contributed by atoms with Crippen LogP contribution in [0.5, 0.6) is 5.75 Å². The van der Waals surface area contributed by atoms with Gasteiger partial charge in [0.25, 0.3) is 0 Å². The third kappa shape index (κ3) is 6.45. The van der Waals surface area contributed by atoms with Gasteiger partial charge in [-0.3, -0.25) is 9.59 Å². The van der Waals surface area contributed by atoms with Crippen LogP contribution in [0.2, 0.25) is 5.02 Å². The monoisotopic (exact) mass is 410 g/mol. The molecular formula is C19H20ClFN2O3S. The minimum Gasteiger partial charge on any atom is -0.490 e. The average Bonchev–Trinajstić information content (AvgIpc) is 2.64. The van der Waals surface area contributed by atoms with Gasteiger partial charge in [0.2, 0.25) is 11.8 Å². The van der Waals surface area contributed by atoms with Gasteiger partial charge in [-0.25, -0.2) is 4.39 Å². The molecule has 0 saturated carbocycles. The summed E-state index contributed by atoms with van der Waals surface area (Å²) in [6, 6.07) is 10.6. The van der Waals surface area contributed by atoms with Crippen molar-refractivity contribution in [2.24, 2.45) is 0 Å². The van der Waals surface area contributed by atoms with Crippen LogP contribution >= 0.6 is 23.4 Å². The average molecular weight is 411 g/mol. The molecule has 1 atom stereocenters. The van der Waals surface area contributed by atoms with Crippen molar-refractivity contribution in [1.82, 2.24) is 0 Å². The zero-order valence-electron chi connectivity index (χ0n) is 14.9. The van der Waals surface area contributed by atoms with Gasteiger partial charge in [-0.05, 0) is 50.2 Å². The fourth-order valence-corrected chi connectivity index (χ4v) is 3.05. The van der Waals surface area contributed by atoms with Crippen molar-refractivity contribution in [1.29, 1.82) is 0 Å². The summed E-state index contributed by atoms with van der Waals surface area (Å²) in [6.07, 6.45) is 0. The van der Waals surface area contributed by atoms with Crippen LogP contribution in [0.1, 0.15) is 13.8 Å². The number of rotatable bonds is 8. The van der Waals surface area contributed by atoms with Gasteiger partial charge >= 0.3 is 0 Å². The van der Waals surface area contributed by atoms with E-state index in [1.165, 1.54) is 36.0 Å². The van der Waals surface area contributed by atoms with Crippen molar-refractivity contribution >= 4 is 46.6 Å². The normalized spacial score (nSPS) is 11.6. The maximum atomic E-state index is 12.9. The van der Waals surface area contributed by atoms with Gasteiger partial charge in [-0.2, -0.15) is 0 Å². The molecule has 2 rings (SSSR count). The van der Waals surface area contributed by atoms with E-state index in [-0.39, 0.29) is 23.4 Å². The molecule has 0 fully saturated rings. The molecule has 2 aromatic carbocycles. The van der Waals surface area contributed by atoms with E-state index in [9.17, 15) is 14.0 Å². The Morgan fingerprint density at radius 3 is 2.56 bits per heavy atom. The van der Waals surface area contributed by atoms with Gasteiger partial charge in [-0.15, -0.1) is 11.8 Å². The summed E-state index contributed by atoms with van der Waals surface area (Å²) in [4.78, 5) is 24.4. The fourth-order valence-electron chi connectivity index (χ4n) is 2.14. The van der Waals surface area contributed by atoms with Crippen LogP contribution in [0.15, 0.2) is 42.5 Å². The fraction of sp³-hybridized carbons (Fsp3) is 0.263. The number of amides is 2. The van der Waals surface area contributed by atoms with Gasteiger partial charge in [0.1, 0.15) is 5.82 Å². The molecular weight excluding hydrogens is 391 g/mol. The molecule has 0 aliphatic carbocycles. The smallest absolute Gasteiger partial charge is 0.237 e. The van der Waals surface area contributed by atoms with E-state index in [4.69, 9.17) is 16.3 Å². The number of para-hydroxylation sites is 1. The summed E-state index contributed by atoms with van der Waals surface area (Å²) in [7, 11) is 0. The highest BCUT2D eigenvalue weighted by molar-refractivity contribution is 8.01. The quantitative estimate of drug-likeness (QED) is 0.668. The zero-order chi connectivity index (χ0) is 19.8. The van der Waals surface area contributed by atoms with E-state index in [0.717, 1.165) is 0 Å². The number of thioether (sulfide) groups is 1. The number of hydrogen-bond acceptors (Lipinski definition) is 4. The van der Waals surface area contributed by atoms with Crippen molar-refractivity contribution in [2.45, 2.75) is 19.1 Å². The maximum Gasteiger partial charge on any atom is 0.237 e. The first-order valence-electron chi connectivity index (χ1n) is 8.30. The SMILES string of the molecule is CCOc1c(Cl)cccc1NC(=O)C(C)SCC(=O)Nc1ccc(F)cc1. The minimum atomic E-state index is -0.475. The van der Waals surface area contributed by atoms with Crippen LogP contribution in [0, 0.1) is 5.82 Å². The summed E-state index contributed by atoms with van der Waals surface area (Å²) < 4.78 is 18.3. The number of nitrogens with one attached hydrogen (secondary N) is 2. The number of carbonyl (C=O) groups is 2. The molecule has 0 radical (unpaired) electrons. The van der Waals surface area contributed by atoms with Crippen molar-refractivity contribution in [3.63, 3.8) is 0 Å². The second kappa shape index (κ2) is 10.2. The van der Waals surface area contributed by atoms with Crippen LogP contribution in [0.4, 0.5) is 15.8 Å². The summed E-state index contributed by atoms with van der Waals surface area (Å²) in [5.74, 6) is -0.414. The van der Waals surface area contributed by atoms with Crippen molar-refractivity contribution in [3.05, 3.63) is 53.3 Å². The summed E-state index contributed by atoms with van der Waals surface area (Å²) in [5.41, 5.74) is 0.983. The Labute approximate surface area is 166 Å². The van der Waals surface area contributed by atoms with Gasteiger partial charge in [0.05, 0.1) is 28.3 Å². The van der Waals surface area contributed by atoms with E-state index < -0.39 is 5.25 Å². The van der Waals surface area contributed by atoms with Crippen molar-refractivity contribution < 1.29 is 18.7 Å². The highest BCUT2D eigenvalue weighted by Gasteiger charge is 2.18. The first kappa shape index (κ1) is 21.1. The topological polar surface area (TPSA) is 67.4 Å². The molecule has 2 aromatic rings. The number of halogens is 2. The third-order valence-electron chi connectivity index (χ3n) is 3.48. The second-order valence-electron chi connectivity index (χ2n) is 5.55. The lowest BCUT2D eigenvalue weighted by atomic mass is 10.2. The van der Waals surface area contributed by atoms with Crippen LogP contribution < -0.4 is 15.4 Å². The van der Waals surface area contributed by atoms with E-state index in [1.54, 1.807) is 25.1 Å². The predicted molar refractivity (Wildman–Crippen MR) is 108 cm³/mol. The highest BCUT2D eigenvalue weighted by Crippen LogP contribution is 2.33. The van der Waals surface area contributed by atoms with E-state index in [0.29, 0.717) is 28.8 Å². The number of hydrogen-bond donors (Lipinski definition) is 2. The Morgan fingerprint density at radius 2 is 1.89 bits per heavy atom. The first-order valence-corrected chi connectivity index (χ1v) is 9.72. The number of anilines is 2. The molecule has 0 saturated heterocycles. The molecule has 0 aliphatic rings. The molecule has 144 valence electrons. The van der Waals surface area contributed by atoms with E-state index in [2.05, 4.69) is 10.6 Å². The maximum absolute atomic E-state index is 12.9. The van der Waals surface area contributed by atoms with Crippen molar-refractivity contribution in [3.8, 4) is 5.75 Å². The Balaban J connectivity index is 1.87. The lowest BCUT2D eigenvalue weighted by Crippen LogP contribution is -2.25. The van der Waals surface area contributed by atoms with Crippen LogP contribution in [0.25, 0.3) is 0 Å². The van der Waals surface area contributed by atoms with E-state index in [1.807, 2.05) is 6.92 Å². The van der Waals surface area contributed by atoms with Crippen molar-refractivity contribution in [2.75, 3.05) is 23.0 Å². The summed E-state index contributed by atoms with van der Waals surface area (Å²) in [5, 5.41) is 5.36. The van der Waals surface area contributed by atoms with Crippen LogP contribution in [-0.4, -0.2) is 29.4 Å². The Kier molecular flexibility index (Phi) is 7.94.